The van der Waals surface area contributed by atoms with Gasteiger partial charge in [0.05, 0.1) is 27.4 Å². The Hall–Kier alpha value is 0.200. The maximum atomic E-state index is 6.13. The highest BCUT2D eigenvalue weighted by Crippen LogP contribution is 2.35. The zero-order chi connectivity index (χ0) is 12.1. The van der Waals surface area contributed by atoms with E-state index in [-0.39, 0.29) is 12.1 Å². The number of halogens is 2. The third kappa shape index (κ3) is 4.22. The largest absolute Gasteiger partial charge is 0.377 e. The van der Waals surface area contributed by atoms with E-state index in [1.54, 1.807) is 0 Å². The van der Waals surface area contributed by atoms with Gasteiger partial charge in [-0.05, 0) is 26.5 Å². The molecule has 1 rings (SSSR count). The topological polar surface area (TPSA) is 21.3 Å². The summed E-state index contributed by atoms with van der Waals surface area (Å²) in [6.07, 6.45) is 0.217. The molecule has 0 fully saturated rings. The molecule has 5 heteroatoms. The number of hydrogen-bond donors (Lipinski definition) is 1. The van der Waals surface area contributed by atoms with Crippen molar-refractivity contribution in [2.24, 2.45) is 0 Å². The highest BCUT2D eigenvalue weighted by atomic mass is 35.5. The van der Waals surface area contributed by atoms with Crippen LogP contribution in [0.5, 0.6) is 0 Å². The lowest BCUT2D eigenvalue weighted by atomic mass is 10.1. The van der Waals surface area contributed by atoms with E-state index in [9.17, 15) is 0 Å². The van der Waals surface area contributed by atoms with Gasteiger partial charge in [-0.2, -0.15) is 0 Å². The first-order valence-corrected chi connectivity index (χ1v) is 6.91. The molecule has 0 aliphatic rings. The maximum Gasteiger partial charge on any atom is 0.0992 e. The summed E-state index contributed by atoms with van der Waals surface area (Å²) in [5.41, 5.74) is 1.03. The molecule has 0 spiro atoms. The van der Waals surface area contributed by atoms with Crippen LogP contribution in [0.1, 0.15) is 32.4 Å². The molecule has 1 heterocycles. The van der Waals surface area contributed by atoms with Crippen molar-refractivity contribution in [2.45, 2.75) is 32.9 Å². The Labute approximate surface area is 111 Å². The molecule has 0 saturated carbocycles. The molecular formula is C11H17Cl2NOS. The van der Waals surface area contributed by atoms with Gasteiger partial charge in [-0.3, -0.25) is 0 Å². The summed E-state index contributed by atoms with van der Waals surface area (Å²) in [6, 6.07) is 2.02. The summed E-state index contributed by atoms with van der Waals surface area (Å²) >= 11 is 13.5. The van der Waals surface area contributed by atoms with Gasteiger partial charge in [-0.15, -0.1) is 11.3 Å². The third-order valence-electron chi connectivity index (χ3n) is 2.11. The van der Waals surface area contributed by atoms with Crippen LogP contribution in [-0.2, 0) is 4.74 Å². The monoisotopic (exact) mass is 281 g/mol. The van der Waals surface area contributed by atoms with Crippen molar-refractivity contribution in [3.63, 3.8) is 0 Å². The number of ether oxygens (including phenoxy) is 1. The Kier molecular flexibility index (Phi) is 6.08. The van der Waals surface area contributed by atoms with E-state index in [2.05, 4.69) is 12.2 Å². The lowest BCUT2D eigenvalue weighted by molar-refractivity contribution is 0.0615. The van der Waals surface area contributed by atoms with Crippen LogP contribution in [0.25, 0.3) is 0 Å². The van der Waals surface area contributed by atoms with Crippen LogP contribution < -0.4 is 5.32 Å². The van der Waals surface area contributed by atoms with Crippen molar-refractivity contribution in [1.82, 2.24) is 5.32 Å². The standard InChI is InChI=1S/C11H17Cl2NOS/c1-4-14-9(6-15-7(2)3)8-5-10(12)16-11(8)13/h5,7,9,14H,4,6H2,1-3H3. The minimum absolute atomic E-state index is 0.114. The summed E-state index contributed by atoms with van der Waals surface area (Å²) in [5, 5.41) is 3.35. The Bertz CT molecular complexity index is 328. The number of rotatable bonds is 6. The number of thiophene rings is 1. The first-order chi connectivity index (χ1) is 7.54. The van der Waals surface area contributed by atoms with E-state index in [0.29, 0.717) is 10.9 Å². The Morgan fingerprint density at radius 3 is 2.56 bits per heavy atom. The molecule has 0 aromatic carbocycles. The van der Waals surface area contributed by atoms with Gasteiger partial charge in [0, 0.05) is 5.56 Å². The smallest absolute Gasteiger partial charge is 0.0992 e. The molecule has 1 N–H and O–H groups in total. The fraction of sp³-hybridized carbons (Fsp3) is 0.636. The van der Waals surface area contributed by atoms with Crippen LogP contribution in [0.4, 0.5) is 0 Å². The Balaban J connectivity index is 2.72. The highest BCUT2D eigenvalue weighted by molar-refractivity contribution is 7.20. The van der Waals surface area contributed by atoms with Crippen LogP contribution in [0.2, 0.25) is 8.67 Å². The minimum Gasteiger partial charge on any atom is -0.377 e. The van der Waals surface area contributed by atoms with E-state index in [1.165, 1.54) is 11.3 Å². The van der Waals surface area contributed by atoms with Gasteiger partial charge in [0.25, 0.3) is 0 Å². The maximum absolute atomic E-state index is 6.13. The van der Waals surface area contributed by atoms with Crippen LogP contribution in [0.15, 0.2) is 6.07 Å². The fourth-order valence-corrected chi connectivity index (χ4v) is 2.96. The van der Waals surface area contributed by atoms with E-state index in [0.717, 1.165) is 16.4 Å². The SMILES string of the molecule is CCNC(COC(C)C)c1cc(Cl)sc1Cl. The first-order valence-electron chi connectivity index (χ1n) is 5.34. The average molecular weight is 282 g/mol. The molecule has 92 valence electrons. The van der Waals surface area contributed by atoms with Crippen molar-refractivity contribution < 1.29 is 4.74 Å². The van der Waals surface area contributed by atoms with Crippen LogP contribution in [0.3, 0.4) is 0 Å². The number of nitrogens with one attached hydrogen (secondary N) is 1. The van der Waals surface area contributed by atoms with Crippen molar-refractivity contribution >= 4 is 34.5 Å². The van der Waals surface area contributed by atoms with Crippen LogP contribution in [-0.4, -0.2) is 19.3 Å². The predicted octanol–water partition coefficient (Wildman–Crippen LogP) is 4.13. The van der Waals surface area contributed by atoms with E-state index in [1.807, 2.05) is 19.9 Å². The Morgan fingerprint density at radius 1 is 1.44 bits per heavy atom. The van der Waals surface area contributed by atoms with Gasteiger partial charge in [-0.1, -0.05) is 30.1 Å². The second kappa shape index (κ2) is 6.82. The summed E-state index contributed by atoms with van der Waals surface area (Å²) in [6.45, 7) is 7.58. The third-order valence-corrected chi connectivity index (χ3v) is 3.62. The molecule has 0 amide bonds. The molecule has 1 aromatic heterocycles. The van der Waals surface area contributed by atoms with Gasteiger partial charge in [-0.25, -0.2) is 0 Å². The molecule has 0 radical (unpaired) electrons. The van der Waals surface area contributed by atoms with E-state index >= 15 is 0 Å². The lowest BCUT2D eigenvalue weighted by Gasteiger charge is -2.19. The summed E-state index contributed by atoms with van der Waals surface area (Å²) in [4.78, 5) is 0. The predicted molar refractivity (Wildman–Crippen MR) is 71.8 cm³/mol. The molecule has 1 atom stereocenters. The zero-order valence-electron chi connectivity index (χ0n) is 9.72. The molecule has 2 nitrogen and oxygen atoms in total. The van der Waals surface area contributed by atoms with Crippen LogP contribution >= 0.6 is 34.5 Å². The summed E-state index contributed by atoms with van der Waals surface area (Å²) in [5.74, 6) is 0. The second-order valence-electron chi connectivity index (χ2n) is 3.77. The summed E-state index contributed by atoms with van der Waals surface area (Å²) in [7, 11) is 0. The quantitative estimate of drug-likeness (QED) is 0.847. The molecule has 0 aliphatic heterocycles. The molecule has 0 aliphatic carbocycles. The highest BCUT2D eigenvalue weighted by Gasteiger charge is 2.17. The van der Waals surface area contributed by atoms with Gasteiger partial charge in [0.15, 0.2) is 0 Å². The molecule has 0 saturated heterocycles. The average Bonchev–Trinajstić information content (AvgIpc) is 2.52. The van der Waals surface area contributed by atoms with Crippen molar-refractivity contribution in [3.05, 3.63) is 20.3 Å². The second-order valence-corrected chi connectivity index (χ2v) is 6.06. The fourth-order valence-electron chi connectivity index (χ4n) is 1.38. The molecule has 16 heavy (non-hydrogen) atoms. The van der Waals surface area contributed by atoms with Gasteiger partial charge in [0.1, 0.15) is 0 Å². The normalized spacial score (nSPS) is 13.4. The lowest BCUT2D eigenvalue weighted by Crippen LogP contribution is -2.26. The van der Waals surface area contributed by atoms with Gasteiger partial charge >= 0.3 is 0 Å². The van der Waals surface area contributed by atoms with Gasteiger partial charge in [0.2, 0.25) is 0 Å². The Morgan fingerprint density at radius 2 is 2.12 bits per heavy atom. The van der Waals surface area contributed by atoms with E-state index in [4.69, 9.17) is 27.9 Å². The van der Waals surface area contributed by atoms with Gasteiger partial charge < -0.3 is 10.1 Å². The van der Waals surface area contributed by atoms with Crippen molar-refractivity contribution in [3.8, 4) is 0 Å². The first kappa shape index (κ1) is 14.3. The number of hydrogen-bond acceptors (Lipinski definition) is 3. The van der Waals surface area contributed by atoms with E-state index < -0.39 is 0 Å². The molecule has 0 bridgehead atoms. The minimum atomic E-state index is 0.114. The molecule has 1 unspecified atom stereocenters. The number of likely N-dealkylation sites (N-methyl/N-ethyl adjacent to an activating group) is 1. The molecular weight excluding hydrogens is 265 g/mol. The van der Waals surface area contributed by atoms with Crippen molar-refractivity contribution in [1.29, 1.82) is 0 Å². The van der Waals surface area contributed by atoms with Crippen molar-refractivity contribution in [2.75, 3.05) is 13.2 Å². The molecule has 1 aromatic rings. The van der Waals surface area contributed by atoms with Crippen LogP contribution in [0, 0.1) is 0 Å². The zero-order valence-corrected chi connectivity index (χ0v) is 12.0. The summed E-state index contributed by atoms with van der Waals surface area (Å²) < 4.78 is 7.07.